The number of hydrogen-bond donors (Lipinski definition) is 2. The molecule has 130 valence electrons. The van der Waals surface area contributed by atoms with Gasteiger partial charge in [-0.15, -0.1) is 0 Å². The topological polar surface area (TPSA) is 85.8 Å². The van der Waals surface area contributed by atoms with E-state index in [2.05, 4.69) is 24.1 Å². The highest BCUT2D eigenvalue weighted by atomic mass is 16.1. The van der Waals surface area contributed by atoms with Crippen LogP contribution in [0.5, 0.6) is 0 Å². The number of carbonyl (C=O) groups is 1. The fourth-order valence-corrected chi connectivity index (χ4v) is 3.72. The first-order chi connectivity index (χ1) is 11.3. The Kier molecular flexibility index (Phi) is 5.82. The number of H-pyrrole nitrogens is 1. The molecular formula is C19H27N3O2. The summed E-state index contributed by atoms with van der Waals surface area (Å²) >= 11 is 0. The Hall–Kier alpha value is -2.09. The van der Waals surface area contributed by atoms with Gasteiger partial charge in [0.15, 0.2) is 0 Å². The van der Waals surface area contributed by atoms with Crippen molar-refractivity contribution in [1.82, 2.24) is 10.3 Å². The van der Waals surface area contributed by atoms with Gasteiger partial charge in [-0.05, 0) is 49.7 Å². The number of nitriles is 1. The number of pyridine rings is 1. The third-order valence-corrected chi connectivity index (χ3v) is 5.58. The van der Waals surface area contributed by atoms with Gasteiger partial charge in [0.2, 0.25) is 5.91 Å². The zero-order valence-corrected chi connectivity index (χ0v) is 15.0. The molecule has 3 atom stereocenters. The molecule has 2 rings (SSSR count). The summed E-state index contributed by atoms with van der Waals surface area (Å²) in [4.78, 5) is 26.8. The van der Waals surface area contributed by atoms with Crippen LogP contribution in [0.15, 0.2) is 4.79 Å². The van der Waals surface area contributed by atoms with Crippen LogP contribution in [0.2, 0.25) is 0 Å². The Bertz CT molecular complexity index is 715. The number of rotatable bonds is 4. The van der Waals surface area contributed by atoms with Crippen LogP contribution in [0, 0.1) is 37.0 Å². The standard InChI is InChI=1S/C19H27N3O2/c1-11-6-5-7-17(12(11)2)22-18(23)9-8-15-13(3)16(10-20)19(24)21-14(15)4/h11-12,17H,5-9H2,1-4H3,(H,21,24)(H,22,23). The van der Waals surface area contributed by atoms with Gasteiger partial charge in [0.25, 0.3) is 5.56 Å². The maximum atomic E-state index is 12.3. The van der Waals surface area contributed by atoms with Crippen molar-refractivity contribution in [1.29, 1.82) is 5.26 Å². The lowest BCUT2D eigenvalue weighted by molar-refractivity contribution is -0.122. The van der Waals surface area contributed by atoms with Crippen LogP contribution in [0.1, 0.15) is 61.9 Å². The molecule has 1 aliphatic rings. The molecule has 5 nitrogen and oxygen atoms in total. The number of nitrogens with one attached hydrogen (secondary N) is 2. The Morgan fingerprint density at radius 3 is 2.71 bits per heavy atom. The number of amides is 1. The minimum Gasteiger partial charge on any atom is -0.353 e. The molecular weight excluding hydrogens is 302 g/mol. The molecule has 24 heavy (non-hydrogen) atoms. The summed E-state index contributed by atoms with van der Waals surface area (Å²) in [5.41, 5.74) is 2.11. The van der Waals surface area contributed by atoms with Gasteiger partial charge in [0.1, 0.15) is 11.6 Å². The molecule has 3 unspecified atom stereocenters. The summed E-state index contributed by atoms with van der Waals surface area (Å²) in [5.74, 6) is 1.19. The van der Waals surface area contributed by atoms with E-state index in [4.69, 9.17) is 5.26 Å². The van der Waals surface area contributed by atoms with E-state index in [9.17, 15) is 9.59 Å². The van der Waals surface area contributed by atoms with E-state index in [-0.39, 0.29) is 23.1 Å². The third-order valence-electron chi connectivity index (χ3n) is 5.58. The van der Waals surface area contributed by atoms with Gasteiger partial charge < -0.3 is 10.3 Å². The van der Waals surface area contributed by atoms with Crippen LogP contribution in [0.3, 0.4) is 0 Å². The van der Waals surface area contributed by atoms with Gasteiger partial charge >= 0.3 is 0 Å². The second-order valence-electron chi connectivity index (χ2n) is 7.11. The second kappa shape index (κ2) is 7.65. The maximum absolute atomic E-state index is 12.3. The summed E-state index contributed by atoms with van der Waals surface area (Å²) in [6.45, 7) is 8.05. The van der Waals surface area contributed by atoms with Crippen LogP contribution in [-0.2, 0) is 11.2 Å². The maximum Gasteiger partial charge on any atom is 0.266 e. The lowest BCUT2D eigenvalue weighted by Crippen LogP contribution is -2.43. The monoisotopic (exact) mass is 329 g/mol. The summed E-state index contributed by atoms with van der Waals surface area (Å²) in [5, 5.41) is 12.3. The lowest BCUT2D eigenvalue weighted by atomic mass is 9.78. The Morgan fingerprint density at radius 1 is 1.33 bits per heavy atom. The molecule has 0 radical (unpaired) electrons. The van der Waals surface area contributed by atoms with Crippen LogP contribution >= 0.6 is 0 Å². The van der Waals surface area contributed by atoms with Crippen molar-refractivity contribution < 1.29 is 4.79 Å². The molecule has 1 saturated carbocycles. The SMILES string of the molecule is Cc1[nH]c(=O)c(C#N)c(C)c1CCC(=O)NC1CCCC(C)C1C. The minimum absolute atomic E-state index is 0.0458. The van der Waals surface area contributed by atoms with Crippen molar-refractivity contribution in [2.75, 3.05) is 0 Å². The molecule has 1 aromatic rings. The van der Waals surface area contributed by atoms with E-state index >= 15 is 0 Å². The van der Waals surface area contributed by atoms with E-state index in [0.717, 1.165) is 17.7 Å². The van der Waals surface area contributed by atoms with Crippen LogP contribution < -0.4 is 10.9 Å². The first-order valence-electron chi connectivity index (χ1n) is 8.77. The molecule has 1 aliphatic carbocycles. The quantitative estimate of drug-likeness (QED) is 0.890. The predicted octanol–water partition coefficient (Wildman–Crippen LogP) is 2.74. The smallest absolute Gasteiger partial charge is 0.266 e. The third kappa shape index (κ3) is 3.87. The number of hydrogen-bond acceptors (Lipinski definition) is 3. The fourth-order valence-electron chi connectivity index (χ4n) is 3.72. The van der Waals surface area contributed by atoms with Crippen LogP contribution in [0.25, 0.3) is 0 Å². The van der Waals surface area contributed by atoms with Gasteiger partial charge in [-0.1, -0.05) is 26.7 Å². The largest absolute Gasteiger partial charge is 0.353 e. The molecule has 0 saturated heterocycles. The summed E-state index contributed by atoms with van der Waals surface area (Å²) < 4.78 is 0. The van der Waals surface area contributed by atoms with Gasteiger partial charge in [-0.3, -0.25) is 9.59 Å². The van der Waals surface area contributed by atoms with Crippen molar-refractivity contribution in [2.24, 2.45) is 11.8 Å². The van der Waals surface area contributed by atoms with Gasteiger partial charge in [0.05, 0.1) is 0 Å². The Balaban J connectivity index is 2.02. The van der Waals surface area contributed by atoms with Crippen molar-refractivity contribution in [3.63, 3.8) is 0 Å². The number of carbonyl (C=O) groups excluding carboxylic acids is 1. The minimum atomic E-state index is -0.356. The van der Waals surface area contributed by atoms with Gasteiger partial charge in [0, 0.05) is 18.2 Å². The number of aromatic amines is 1. The first-order valence-corrected chi connectivity index (χ1v) is 8.77. The van der Waals surface area contributed by atoms with E-state index in [1.54, 1.807) is 6.92 Å². The van der Waals surface area contributed by atoms with Crippen LogP contribution in [0.4, 0.5) is 0 Å². The summed E-state index contributed by atoms with van der Waals surface area (Å²) in [7, 11) is 0. The van der Waals surface area contributed by atoms with Crippen molar-refractivity contribution >= 4 is 5.91 Å². The normalized spacial score (nSPS) is 23.5. The average molecular weight is 329 g/mol. The van der Waals surface area contributed by atoms with E-state index < -0.39 is 0 Å². The van der Waals surface area contributed by atoms with Gasteiger partial charge in [-0.2, -0.15) is 5.26 Å². The molecule has 1 fully saturated rings. The molecule has 0 bridgehead atoms. The lowest BCUT2D eigenvalue weighted by Gasteiger charge is -2.34. The summed E-state index contributed by atoms with van der Waals surface area (Å²) in [6.07, 6.45) is 4.36. The molecule has 2 N–H and O–H groups in total. The average Bonchev–Trinajstić information content (AvgIpc) is 2.51. The Morgan fingerprint density at radius 2 is 2.04 bits per heavy atom. The van der Waals surface area contributed by atoms with Crippen molar-refractivity contribution in [2.45, 2.75) is 65.8 Å². The molecule has 0 spiro atoms. The highest BCUT2D eigenvalue weighted by Crippen LogP contribution is 2.29. The van der Waals surface area contributed by atoms with E-state index in [1.807, 2.05) is 13.0 Å². The number of aryl methyl sites for hydroxylation is 1. The fraction of sp³-hybridized carbons (Fsp3) is 0.632. The molecule has 0 aliphatic heterocycles. The van der Waals surface area contributed by atoms with Crippen LogP contribution in [-0.4, -0.2) is 16.9 Å². The highest BCUT2D eigenvalue weighted by molar-refractivity contribution is 5.76. The predicted molar refractivity (Wildman–Crippen MR) is 93.7 cm³/mol. The van der Waals surface area contributed by atoms with Crippen molar-refractivity contribution in [3.05, 3.63) is 32.7 Å². The zero-order valence-electron chi connectivity index (χ0n) is 15.0. The van der Waals surface area contributed by atoms with E-state index in [0.29, 0.717) is 30.2 Å². The first kappa shape index (κ1) is 18.3. The molecule has 1 aromatic heterocycles. The molecule has 1 amide bonds. The second-order valence-corrected chi connectivity index (χ2v) is 7.11. The van der Waals surface area contributed by atoms with Crippen molar-refractivity contribution in [3.8, 4) is 6.07 Å². The van der Waals surface area contributed by atoms with E-state index in [1.165, 1.54) is 12.8 Å². The van der Waals surface area contributed by atoms with Gasteiger partial charge in [-0.25, -0.2) is 0 Å². The zero-order chi connectivity index (χ0) is 17.9. The summed E-state index contributed by atoms with van der Waals surface area (Å²) in [6, 6.07) is 2.21. The number of aromatic nitrogens is 1. The molecule has 5 heteroatoms. The highest BCUT2D eigenvalue weighted by Gasteiger charge is 2.28. The Labute approximate surface area is 143 Å². The molecule has 1 heterocycles. The number of nitrogens with zero attached hydrogens (tertiary/aromatic N) is 1. The molecule has 0 aromatic carbocycles.